The summed E-state index contributed by atoms with van der Waals surface area (Å²) in [6, 6.07) is 0. The van der Waals surface area contributed by atoms with E-state index in [9.17, 15) is 0 Å². The Balaban J connectivity index is 2.12. The molecule has 1 heterocycles. The van der Waals surface area contributed by atoms with E-state index in [4.69, 9.17) is 9.72 Å². The lowest BCUT2D eigenvalue weighted by Crippen LogP contribution is -2.36. The fraction of sp³-hybridized carbons (Fsp3) is 0.786. The van der Waals surface area contributed by atoms with Crippen LogP contribution in [0.25, 0.3) is 0 Å². The van der Waals surface area contributed by atoms with Gasteiger partial charge in [0, 0.05) is 24.1 Å². The summed E-state index contributed by atoms with van der Waals surface area (Å²) >= 11 is 1.81. The molecular formula is C14H24N2OS. The van der Waals surface area contributed by atoms with E-state index in [0.29, 0.717) is 0 Å². The van der Waals surface area contributed by atoms with Gasteiger partial charge in [-0.25, -0.2) is 4.98 Å². The van der Waals surface area contributed by atoms with E-state index < -0.39 is 0 Å². The van der Waals surface area contributed by atoms with Crippen molar-refractivity contribution in [2.24, 2.45) is 0 Å². The molecule has 0 unspecified atom stereocenters. The predicted molar refractivity (Wildman–Crippen MR) is 76.0 cm³/mol. The molecule has 1 N–H and O–H groups in total. The third kappa shape index (κ3) is 2.76. The maximum absolute atomic E-state index is 5.70. The van der Waals surface area contributed by atoms with Crippen LogP contribution in [0.3, 0.4) is 0 Å². The number of methoxy groups -OCH3 is 1. The molecule has 0 amide bonds. The Labute approximate surface area is 114 Å². The molecule has 102 valence electrons. The van der Waals surface area contributed by atoms with E-state index in [-0.39, 0.29) is 11.1 Å². The van der Waals surface area contributed by atoms with Crippen molar-refractivity contribution in [1.82, 2.24) is 10.3 Å². The first-order chi connectivity index (χ1) is 8.36. The standard InChI is InChI=1S/C14H24N2OS/c1-10-11(9-15-13(2,3)4)18-12(16-10)14(17-5)7-6-8-14/h15H,6-9H2,1-5H3. The number of hydrogen-bond acceptors (Lipinski definition) is 4. The minimum absolute atomic E-state index is 0.0740. The number of ether oxygens (including phenoxy) is 1. The van der Waals surface area contributed by atoms with Crippen molar-refractivity contribution < 1.29 is 4.74 Å². The van der Waals surface area contributed by atoms with E-state index >= 15 is 0 Å². The minimum atomic E-state index is -0.0740. The molecule has 1 aromatic heterocycles. The molecule has 3 nitrogen and oxygen atoms in total. The molecule has 0 atom stereocenters. The van der Waals surface area contributed by atoms with E-state index in [1.54, 1.807) is 0 Å². The summed E-state index contributed by atoms with van der Waals surface area (Å²) in [5, 5.41) is 4.69. The van der Waals surface area contributed by atoms with Crippen LogP contribution in [0.4, 0.5) is 0 Å². The fourth-order valence-corrected chi connectivity index (χ4v) is 3.36. The molecule has 0 aliphatic heterocycles. The summed E-state index contributed by atoms with van der Waals surface area (Å²) in [7, 11) is 1.81. The molecule has 18 heavy (non-hydrogen) atoms. The van der Waals surface area contributed by atoms with Gasteiger partial charge in [-0.2, -0.15) is 0 Å². The Bertz CT molecular complexity index is 410. The van der Waals surface area contributed by atoms with Crippen LogP contribution in [-0.2, 0) is 16.9 Å². The lowest BCUT2D eigenvalue weighted by Gasteiger charge is -2.38. The third-order valence-corrected chi connectivity index (χ3v) is 4.96. The zero-order valence-electron chi connectivity index (χ0n) is 12.1. The van der Waals surface area contributed by atoms with Gasteiger partial charge in [-0.1, -0.05) is 0 Å². The van der Waals surface area contributed by atoms with E-state index in [0.717, 1.165) is 25.1 Å². The van der Waals surface area contributed by atoms with Crippen LogP contribution in [0.15, 0.2) is 0 Å². The lowest BCUT2D eigenvalue weighted by atomic mass is 9.80. The second-order valence-corrected chi connectivity index (χ2v) is 7.27. The second kappa shape index (κ2) is 4.91. The smallest absolute Gasteiger partial charge is 0.125 e. The zero-order chi connectivity index (χ0) is 13.4. The molecule has 4 heteroatoms. The van der Waals surface area contributed by atoms with Crippen LogP contribution >= 0.6 is 11.3 Å². The highest BCUT2D eigenvalue weighted by atomic mass is 32.1. The second-order valence-electron chi connectivity index (χ2n) is 6.18. The van der Waals surface area contributed by atoms with Crippen molar-refractivity contribution in [2.75, 3.05) is 7.11 Å². The Kier molecular flexibility index (Phi) is 3.81. The van der Waals surface area contributed by atoms with Crippen LogP contribution in [0, 0.1) is 6.92 Å². The number of rotatable bonds is 4. The van der Waals surface area contributed by atoms with E-state index in [1.807, 2.05) is 18.4 Å². The first kappa shape index (κ1) is 14.0. The molecule has 1 fully saturated rings. The average Bonchev–Trinajstić information content (AvgIpc) is 2.55. The molecule has 1 aliphatic carbocycles. The number of nitrogens with one attached hydrogen (secondary N) is 1. The zero-order valence-corrected chi connectivity index (χ0v) is 12.9. The number of aromatic nitrogens is 1. The molecule has 1 saturated carbocycles. The first-order valence-electron chi connectivity index (χ1n) is 6.63. The van der Waals surface area contributed by atoms with Crippen molar-refractivity contribution in [3.8, 4) is 0 Å². The summed E-state index contributed by atoms with van der Waals surface area (Å²) in [4.78, 5) is 6.07. The Morgan fingerprint density at radius 2 is 2.06 bits per heavy atom. The van der Waals surface area contributed by atoms with Crippen LogP contribution < -0.4 is 5.32 Å². The van der Waals surface area contributed by atoms with Gasteiger partial charge in [0.05, 0.1) is 5.69 Å². The fourth-order valence-electron chi connectivity index (χ4n) is 2.14. The lowest BCUT2D eigenvalue weighted by molar-refractivity contribution is -0.0780. The summed E-state index contributed by atoms with van der Waals surface area (Å²) in [5.74, 6) is 0. The van der Waals surface area contributed by atoms with Crippen molar-refractivity contribution >= 4 is 11.3 Å². The van der Waals surface area contributed by atoms with Gasteiger partial charge in [-0.05, 0) is 47.0 Å². The summed E-state index contributed by atoms with van der Waals surface area (Å²) in [6.07, 6.45) is 3.48. The van der Waals surface area contributed by atoms with E-state index in [2.05, 4.69) is 33.0 Å². The summed E-state index contributed by atoms with van der Waals surface area (Å²) in [6.45, 7) is 9.56. The average molecular weight is 268 g/mol. The van der Waals surface area contributed by atoms with E-state index in [1.165, 1.54) is 16.3 Å². The molecule has 0 aromatic carbocycles. The van der Waals surface area contributed by atoms with Gasteiger partial charge < -0.3 is 10.1 Å². The third-order valence-electron chi connectivity index (χ3n) is 3.61. The van der Waals surface area contributed by atoms with Crippen molar-refractivity contribution in [2.45, 2.75) is 64.6 Å². The molecule has 0 saturated heterocycles. The predicted octanol–water partition coefficient (Wildman–Crippen LogP) is 3.37. The summed E-state index contributed by atoms with van der Waals surface area (Å²) < 4.78 is 5.70. The summed E-state index contributed by atoms with van der Waals surface area (Å²) in [5.41, 5.74) is 1.22. The number of nitrogens with zero attached hydrogens (tertiary/aromatic N) is 1. The van der Waals surface area contributed by atoms with Crippen molar-refractivity contribution in [3.05, 3.63) is 15.6 Å². The molecule has 0 bridgehead atoms. The maximum atomic E-state index is 5.70. The molecule has 1 aliphatic rings. The molecule has 2 rings (SSSR count). The highest BCUT2D eigenvalue weighted by molar-refractivity contribution is 7.11. The monoisotopic (exact) mass is 268 g/mol. The molecule has 1 aromatic rings. The van der Waals surface area contributed by atoms with Gasteiger partial charge >= 0.3 is 0 Å². The number of aryl methyl sites for hydroxylation is 1. The van der Waals surface area contributed by atoms with Crippen molar-refractivity contribution in [1.29, 1.82) is 0 Å². The molecule has 0 spiro atoms. The Hall–Kier alpha value is -0.450. The molecule has 0 radical (unpaired) electrons. The number of thiazole rings is 1. The van der Waals surface area contributed by atoms with Gasteiger partial charge in [0.15, 0.2) is 0 Å². The minimum Gasteiger partial charge on any atom is -0.371 e. The quantitative estimate of drug-likeness (QED) is 0.909. The van der Waals surface area contributed by atoms with Gasteiger partial charge in [0.2, 0.25) is 0 Å². The molecular weight excluding hydrogens is 244 g/mol. The largest absolute Gasteiger partial charge is 0.371 e. The highest BCUT2D eigenvalue weighted by Crippen LogP contribution is 2.46. The highest BCUT2D eigenvalue weighted by Gasteiger charge is 2.41. The SMILES string of the molecule is COC1(c2nc(C)c(CNC(C)(C)C)s2)CCC1. The van der Waals surface area contributed by atoms with Gasteiger partial charge in [0.25, 0.3) is 0 Å². The van der Waals surface area contributed by atoms with Crippen molar-refractivity contribution in [3.63, 3.8) is 0 Å². The normalized spacial score (nSPS) is 18.7. The van der Waals surface area contributed by atoms with Gasteiger partial charge in [-0.3, -0.25) is 0 Å². The van der Waals surface area contributed by atoms with Gasteiger partial charge in [-0.15, -0.1) is 11.3 Å². The number of hydrogen-bond donors (Lipinski definition) is 1. The Morgan fingerprint density at radius 1 is 1.39 bits per heavy atom. The van der Waals surface area contributed by atoms with Crippen LogP contribution in [0.5, 0.6) is 0 Å². The Morgan fingerprint density at radius 3 is 2.50 bits per heavy atom. The van der Waals surface area contributed by atoms with Crippen LogP contribution in [-0.4, -0.2) is 17.6 Å². The topological polar surface area (TPSA) is 34.1 Å². The van der Waals surface area contributed by atoms with Crippen LogP contribution in [0.1, 0.15) is 55.6 Å². The van der Waals surface area contributed by atoms with Crippen LogP contribution in [0.2, 0.25) is 0 Å². The first-order valence-corrected chi connectivity index (χ1v) is 7.45. The van der Waals surface area contributed by atoms with Gasteiger partial charge in [0.1, 0.15) is 10.6 Å². The maximum Gasteiger partial charge on any atom is 0.125 e.